The first-order valence-electron chi connectivity index (χ1n) is 14.9. The molecule has 3 heteroatoms. The van der Waals surface area contributed by atoms with Crippen LogP contribution in [0, 0.1) is 0 Å². The topological polar surface area (TPSA) is 3.24 Å². The van der Waals surface area contributed by atoms with E-state index >= 15 is 0 Å². The summed E-state index contributed by atoms with van der Waals surface area (Å²) in [5.74, 6) is 0. The van der Waals surface area contributed by atoms with Crippen LogP contribution in [0.3, 0.4) is 0 Å². The molecule has 2 aliphatic heterocycles. The van der Waals surface area contributed by atoms with E-state index in [0.29, 0.717) is 22.6 Å². The predicted octanol–water partition coefficient (Wildman–Crippen LogP) is 11.4. The van der Waals surface area contributed by atoms with E-state index in [1.165, 1.54) is 45.1 Å². The van der Waals surface area contributed by atoms with E-state index < -0.39 is 0 Å². The zero-order valence-corrected chi connectivity index (χ0v) is 24.9. The second-order valence-corrected chi connectivity index (χ2v) is 16.4. The van der Waals surface area contributed by atoms with Crippen LogP contribution in [0.5, 0.6) is 0 Å². The minimum Gasteiger partial charge on any atom is -0.258 e. The van der Waals surface area contributed by atoms with Crippen LogP contribution in [0.4, 0.5) is 0 Å². The Morgan fingerprint density at radius 1 is 0.487 bits per heavy atom. The summed E-state index contributed by atoms with van der Waals surface area (Å²) in [6.07, 6.45) is 7.73. The molecule has 0 saturated carbocycles. The fraction of sp³-hybridized carbons (Fsp3) is 0.333. The van der Waals surface area contributed by atoms with E-state index in [4.69, 9.17) is 0 Å². The van der Waals surface area contributed by atoms with Crippen LogP contribution in [0.15, 0.2) is 121 Å². The number of rotatable bonds is 9. The lowest BCUT2D eigenvalue weighted by Crippen LogP contribution is -2.20. The van der Waals surface area contributed by atoms with Crippen molar-refractivity contribution in [2.45, 2.75) is 68.1 Å². The molecular weight excluding hydrogens is 508 g/mol. The molecule has 1 nitrogen and oxygen atoms in total. The summed E-state index contributed by atoms with van der Waals surface area (Å²) in [5, 5.41) is 0. The Labute approximate surface area is 238 Å². The molecule has 4 aromatic carbocycles. The third kappa shape index (κ3) is 5.79. The van der Waals surface area contributed by atoms with Crippen LogP contribution >= 0.6 is 16.1 Å². The first-order chi connectivity index (χ1) is 19.3. The van der Waals surface area contributed by atoms with E-state index in [2.05, 4.69) is 133 Å². The lowest BCUT2D eigenvalue weighted by molar-refractivity contribution is 0.618. The molecule has 0 bridgehead atoms. The molecule has 39 heavy (non-hydrogen) atoms. The number of hydrogen-bond donors (Lipinski definition) is 0. The first-order valence-corrected chi connectivity index (χ1v) is 17.8. The van der Waals surface area contributed by atoms with Crippen LogP contribution in [-0.2, 0) is 0 Å². The lowest BCUT2D eigenvalue weighted by atomic mass is 10.0. The Morgan fingerprint density at radius 3 is 1.03 bits per heavy atom. The zero-order chi connectivity index (χ0) is 26.4. The summed E-state index contributed by atoms with van der Waals surface area (Å²) < 4.78 is 3.18. The zero-order valence-electron chi connectivity index (χ0n) is 23.1. The van der Waals surface area contributed by atoms with E-state index in [1.54, 1.807) is 22.3 Å². The Hall–Kier alpha value is -2.30. The fourth-order valence-corrected chi connectivity index (χ4v) is 15.8. The van der Waals surface area contributed by atoms with Gasteiger partial charge in [-0.3, -0.25) is 4.44 Å². The molecule has 2 saturated heterocycles. The Kier molecular flexibility index (Phi) is 8.91. The molecule has 5 atom stereocenters. The van der Waals surface area contributed by atoms with Crippen LogP contribution in [0.2, 0.25) is 0 Å². The summed E-state index contributed by atoms with van der Waals surface area (Å²) in [4.78, 5) is 0. The van der Waals surface area contributed by atoms with Gasteiger partial charge in [0.25, 0.3) is 0 Å². The van der Waals surface area contributed by atoms with Gasteiger partial charge in [-0.15, -0.1) is 0 Å². The highest BCUT2D eigenvalue weighted by molar-refractivity contribution is 7.71. The van der Waals surface area contributed by atoms with Crippen molar-refractivity contribution in [1.29, 1.82) is 0 Å². The molecule has 0 radical (unpaired) electrons. The summed E-state index contributed by atoms with van der Waals surface area (Å²) >= 11 is 0. The molecule has 2 fully saturated rings. The first kappa shape index (κ1) is 26.9. The Morgan fingerprint density at radius 2 is 0.769 bits per heavy atom. The number of unbranched alkanes of at least 4 members (excludes halogenated alkanes) is 1. The molecule has 2 unspecified atom stereocenters. The van der Waals surface area contributed by atoms with Gasteiger partial charge in [0.2, 0.25) is 0 Å². The van der Waals surface area contributed by atoms with Crippen molar-refractivity contribution in [3.8, 4) is 0 Å². The molecule has 6 rings (SSSR count). The molecule has 0 aliphatic carbocycles. The van der Waals surface area contributed by atoms with Crippen LogP contribution < -0.4 is 0 Å². The lowest BCUT2D eigenvalue weighted by Gasteiger charge is -2.45. The van der Waals surface area contributed by atoms with E-state index in [9.17, 15) is 0 Å². The average molecular weight is 550 g/mol. The Balaban J connectivity index is 1.48. The molecule has 0 spiro atoms. The second kappa shape index (κ2) is 12.9. The normalized spacial score (nSPS) is 25.3. The van der Waals surface area contributed by atoms with Crippen LogP contribution in [0.1, 0.15) is 90.3 Å². The van der Waals surface area contributed by atoms with Crippen molar-refractivity contribution in [2.24, 2.45) is 0 Å². The van der Waals surface area contributed by atoms with Gasteiger partial charge in [-0.2, -0.15) is 0 Å². The van der Waals surface area contributed by atoms with E-state index in [1.807, 2.05) is 0 Å². The maximum Gasteiger partial charge on any atom is 0.0183 e. The monoisotopic (exact) mass is 549 g/mol. The minimum absolute atomic E-state index is 0.382. The average Bonchev–Trinajstić information content (AvgIpc) is 3.65. The van der Waals surface area contributed by atoms with Crippen LogP contribution in [-0.4, -0.2) is 11.0 Å². The fourth-order valence-electron chi connectivity index (χ4n) is 6.87. The molecule has 200 valence electrons. The number of nitrogens with zero attached hydrogens (tertiary/aromatic N) is 1. The number of benzene rings is 4. The molecule has 4 aromatic rings. The largest absolute Gasteiger partial charge is 0.258 e. The van der Waals surface area contributed by atoms with Gasteiger partial charge >= 0.3 is 0 Å². The summed E-state index contributed by atoms with van der Waals surface area (Å²) in [6, 6.07) is 46.1. The molecule has 0 N–H and O–H groups in total. The third-order valence-electron chi connectivity index (χ3n) is 8.69. The minimum atomic E-state index is -0.382. The maximum atomic E-state index is 3.18. The summed E-state index contributed by atoms with van der Waals surface area (Å²) in [6.45, 7) is 3.60. The molecular formula is C36H41NP2. The van der Waals surface area contributed by atoms with Gasteiger partial charge in [0, 0.05) is 29.2 Å². The van der Waals surface area contributed by atoms with E-state index in [0.717, 1.165) is 0 Å². The highest BCUT2D eigenvalue weighted by Gasteiger charge is 2.49. The summed E-state index contributed by atoms with van der Waals surface area (Å²) in [7, 11) is -0.765. The molecule has 2 aliphatic rings. The van der Waals surface area contributed by atoms with Gasteiger partial charge in [-0.1, -0.05) is 135 Å². The maximum absolute atomic E-state index is 3.18. The molecule has 2 heterocycles. The van der Waals surface area contributed by atoms with Gasteiger partial charge in [0.15, 0.2) is 0 Å². The summed E-state index contributed by atoms with van der Waals surface area (Å²) in [5.41, 5.74) is 8.79. The third-order valence-corrected chi connectivity index (χ3v) is 16.2. The smallest absolute Gasteiger partial charge is 0.0183 e. The second-order valence-electron chi connectivity index (χ2n) is 11.1. The van der Waals surface area contributed by atoms with Crippen molar-refractivity contribution >= 4 is 16.1 Å². The van der Waals surface area contributed by atoms with Crippen molar-refractivity contribution in [3.05, 3.63) is 144 Å². The Bertz CT molecular complexity index is 1090. The van der Waals surface area contributed by atoms with E-state index in [-0.39, 0.29) is 16.1 Å². The standard InChI is InChI=1S/C36H41NP2/c1-2-3-28-37(38-33(29-16-8-4-9-17-29)24-25-34(38)30-18-10-5-11-19-30)39-35(31-20-12-6-13-21-31)26-27-36(39)32-22-14-7-15-23-32/h4-23,33-36H,2-3,24-28H2,1H3/t33-,34-,35-,36?,39?/m1/s1. The van der Waals surface area contributed by atoms with Crippen LogP contribution in [0.25, 0.3) is 0 Å². The van der Waals surface area contributed by atoms with Gasteiger partial charge in [-0.05, 0) is 70.5 Å². The highest BCUT2D eigenvalue weighted by Crippen LogP contribution is 2.83. The van der Waals surface area contributed by atoms with Gasteiger partial charge in [0.1, 0.15) is 0 Å². The van der Waals surface area contributed by atoms with Crippen molar-refractivity contribution in [3.63, 3.8) is 0 Å². The molecule has 0 aromatic heterocycles. The molecule has 0 amide bonds. The van der Waals surface area contributed by atoms with Crippen molar-refractivity contribution < 1.29 is 0 Å². The number of hydrogen-bond acceptors (Lipinski definition) is 1. The van der Waals surface area contributed by atoms with Gasteiger partial charge in [0.05, 0.1) is 0 Å². The SMILES string of the molecule is CCCCN(P1C(c2ccccc2)CC[C@@H]1c1ccccc1)P1[C@@H](c2ccccc2)CC[C@@H]1c1ccccc1. The van der Waals surface area contributed by atoms with Gasteiger partial charge in [-0.25, -0.2) is 0 Å². The highest BCUT2D eigenvalue weighted by atomic mass is 31.2. The van der Waals surface area contributed by atoms with Crippen molar-refractivity contribution in [2.75, 3.05) is 6.54 Å². The van der Waals surface area contributed by atoms with Crippen molar-refractivity contribution in [1.82, 2.24) is 4.44 Å². The predicted molar refractivity (Wildman–Crippen MR) is 171 cm³/mol. The van der Waals surface area contributed by atoms with Gasteiger partial charge < -0.3 is 0 Å². The quantitative estimate of drug-likeness (QED) is 0.188.